The number of carbonyl (C=O) groups is 1. The number of nitrogens with zero attached hydrogens (tertiary/aromatic N) is 1. The van der Waals surface area contributed by atoms with Crippen LogP contribution in [0.2, 0.25) is 0 Å². The number of H-pyrrole nitrogens is 1. The van der Waals surface area contributed by atoms with Gasteiger partial charge in [-0.2, -0.15) is 0 Å². The first kappa shape index (κ1) is 15.0. The number of carbonyl (C=O) groups excluding carboxylic acids is 1. The number of amides is 1. The van der Waals surface area contributed by atoms with Crippen molar-refractivity contribution < 1.29 is 9.90 Å². The minimum absolute atomic E-state index is 0.0301. The molecule has 118 valence electrons. The van der Waals surface area contributed by atoms with E-state index in [1.807, 2.05) is 25.1 Å². The number of benzene rings is 1. The number of imidazole rings is 1. The van der Waals surface area contributed by atoms with E-state index in [4.69, 9.17) is 0 Å². The molecule has 0 aliphatic heterocycles. The lowest BCUT2D eigenvalue weighted by atomic mass is 10.0. The second-order valence-corrected chi connectivity index (χ2v) is 6.36. The fourth-order valence-electron chi connectivity index (χ4n) is 3.14. The maximum Gasteiger partial charge on any atom is 0.220 e. The van der Waals surface area contributed by atoms with Gasteiger partial charge in [-0.3, -0.25) is 4.79 Å². The lowest BCUT2D eigenvalue weighted by Crippen LogP contribution is -2.40. The number of hydrogen-bond donors (Lipinski definition) is 3. The highest BCUT2D eigenvalue weighted by Crippen LogP contribution is 2.28. The van der Waals surface area contributed by atoms with Crippen molar-refractivity contribution in [3.8, 4) is 0 Å². The van der Waals surface area contributed by atoms with Gasteiger partial charge >= 0.3 is 0 Å². The van der Waals surface area contributed by atoms with Crippen LogP contribution >= 0.6 is 0 Å². The van der Waals surface area contributed by atoms with Crippen LogP contribution in [-0.4, -0.2) is 33.1 Å². The largest absolute Gasteiger partial charge is 0.388 e. The Morgan fingerprint density at radius 3 is 2.91 bits per heavy atom. The van der Waals surface area contributed by atoms with E-state index < -0.39 is 5.60 Å². The molecule has 0 unspecified atom stereocenters. The van der Waals surface area contributed by atoms with E-state index in [0.717, 1.165) is 48.1 Å². The third-order valence-corrected chi connectivity index (χ3v) is 4.50. The van der Waals surface area contributed by atoms with E-state index in [-0.39, 0.29) is 5.91 Å². The third kappa shape index (κ3) is 3.30. The molecule has 3 rings (SSSR count). The Kier molecular flexibility index (Phi) is 4.16. The first-order valence-electron chi connectivity index (χ1n) is 7.99. The summed E-state index contributed by atoms with van der Waals surface area (Å²) in [4.78, 5) is 19.7. The number of nitrogens with one attached hydrogen (secondary N) is 2. The van der Waals surface area contributed by atoms with Crippen LogP contribution in [0.3, 0.4) is 0 Å². The lowest BCUT2D eigenvalue weighted by Gasteiger charge is -2.22. The molecule has 1 aromatic carbocycles. The van der Waals surface area contributed by atoms with Crippen LogP contribution in [0.1, 0.15) is 43.5 Å². The molecule has 5 nitrogen and oxygen atoms in total. The Morgan fingerprint density at radius 2 is 2.18 bits per heavy atom. The highest BCUT2D eigenvalue weighted by atomic mass is 16.3. The van der Waals surface area contributed by atoms with Crippen LogP contribution in [-0.2, 0) is 11.2 Å². The smallest absolute Gasteiger partial charge is 0.220 e. The average Bonchev–Trinajstić information content (AvgIpc) is 3.11. The highest BCUT2D eigenvalue weighted by molar-refractivity contribution is 5.79. The summed E-state index contributed by atoms with van der Waals surface area (Å²) in [5.41, 5.74) is 2.42. The topological polar surface area (TPSA) is 78.0 Å². The molecule has 0 radical (unpaired) electrons. The summed E-state index contributed by atoms with van der Waals surface area (Å²) in [6.07, 6.45) is 4.63. The van der Waals surface area contributed by atoms with Crippen molar-refractivity contribution in [2.75, 3.05) is 6.54 Å². The van der Waals surface area contributed by atoms with Crippen molar-refractivity contribution >= 4 is 16.9 Å². The molecule has 0 saturated heterocycles. The van der Waals surface area contributed by atoms with Gasteiger partial charge in [-0.1, -0.05) is 25.0 Å². The van der Waals surface area contributed by atoms with Crippen molar-refractivity contribution in [2.45, 2.75) is 51.0 Å². The number of hydrogen-bond acceptors (Lipinski definition) is 3. The highest BCUT2D eigenvalue weighted by Gasteiger charge is 2.31. The summed E-state index contributed by atoms with van der Waals surface area (Å²) in [6, 6.07) is 6.02. The number of aryl methyl sites for hydroxylation is 2. The number of aromatic nitrogens is 2. The van der Waals surface area contributed by atoms with Gasteiger partial charge < -0.3 is 15.4 Å². The molecule has 0 spiro atoms. The fourth-order valence-corrected chi connectivity index (χ4v) is 3.14. The zero-order chi connectivity index (χ0) is 15.6. The minimum Gasteiger partial charge on any atom is -0.388 e. The second kappa shape index (κ2) is 6.08. The van der Waals surface area contributed by atoms with Crippen LogP contribution in [0.5, 0.6) is 0 Å². The summed E-state index contributed by atoms with van der Waals surface area (Å²) >= 11 is 0. The molecule has 1 saturated carbocycles. The molecule has 1 aliphatic carbocycles. The van der Waals surface area contributed by atoms with Crippen LogP contribution in [0.4, 0.5) is 0 Å². The quantitative estimate of drug-likeness (QED) is 0.792. The zero-order valence-electron chi connectivity index (χ0n) is 13.0. The maximum atomic E-state index is 11.9. The van der Waals surface area contributed by atoms with E-state index >= 15 is 0 Å². The monoisotopic (exact) mass is 301 g/mol. The van der Waals surface area contributed by atoms with Crippen molar-refractivity contribution in [1.29, 1.82) is 0 Å². The molecule has 3 N–H and O–H groups in total. The molecule has 0 atom stereocenters. The number of rotatable bonds is 5. The van der Waals surface area contributed by atoms with Crippen LogP contribution in [0.25, 0.3) is 11.0 Å². The Hall–Kier alpha value is -1.88. The predicted octanol–water partition coefficient (Wildman–Crippen LogP) is 2.23. The third-order valence-electron chi connectivity index (χ3n) is 4.50. The van der Waals surface area contributed by atoms with Gasteiger partial charge in [0.2, 0.25) is 5.91 Å². The molecular weight excluding hydrogens is 278 g/mol. The number of para-hydroxylation sites is 1. The summed E-state index contributed by atoms with van der Waals surface area (Å²) < 4.78 is 0. The molecule has 1 fully saturated rings. The summed E-state index contributed by atoms with van der Waals surface area (Å²) in [6.45, 7) is 2.40. The van der Waals surface area contributed by atoms with Gasteiger partial charge in [-0.25, -0.2) is 4.98 Å². The van der Waals surface area contributed by atoms with Crippen molar-refractivity contribution in [3.05, 3.63) is 29.6 Å². The normalized spacial score (nSPS) is 17.0. The van der Waals surface area contributed by atoms with Gasteiger partial charge in [0.05, 0.1) is 16.6 Å². The molecule has 2 aromatic rings. The van der Waals surface area contributed by atoms with E-state index in [0.29, 0.717) is 19.4 Å². The van der Waals surface area contributed by atoms with Crippen LogP contribution < -0.4 is 5.32 Å². The fraction of sp³-hybridized carbons (Fsp3) is 0.529. The number of aliphatic hydroxyl groups is 1. The van der Waals surface area contributed by atoms with Gasteiger partial charge in [0.15, 0.2) is 0 Å². The van der Waals surface area contributed by atoms with Crippen LogP contribution in [0.15, 0.2) is 18.2 Å². The average molecular weight is 301 g/mol. The Balaban J connectivity index is 1.52. The Morgan fingerprint density at radius 1 is 1.41 bits per heavy atom. The first-order valence-corrected chi connectivity index (χ1v) is 7.99. The van der Waals surface area contributed by atoms with E-state index in [1.165, 1.54) is 0 Å². The molecule has 5 heteroatoms. The predicted molar refractivity (Wildman–Crippen MR) is 85.6 cm³/mol. The minimum atomic E-state index is -0.688. The van der Waals surface area contributed by atoms with E-state index in [2.05, 4.69) is 15.3 Å². The van der Waals surface area contributed by atoms with Gasteiger partial charge in [0.1, 0.15) is 5.82 Å². The number of aromatic amines is 1. The Bertz CT molecular complexity index is 672. The second-order valence-electron chi connectivity index (χ2n) is 6.36. The molecule has 0 bridgehead atoms. The Labute approximate surface area is 130 Å². The number of fused-ring (bicyclic) bond motifs is 1. The van der Waals surface area contributed by atoms with Gasteiger partial charge in [0.25, 0.3) is 0 Å². The molecular formula is C17H23N3O2. The molecule has 1 amide bonds. The van der Waals surface area contributed by atoms with Gasteiger partial charge in [-0.05, 0) is 31.4 Å². The standard InChI is InChI=1S/C17H23N3O2/c1-12-5-4-6-13-16(12)20-14(19-13)7-8-15(21)18-11-17(22)9-2-3-10-17/h4-6,22H,2-3,7-11H2,1H3,(H,18,21)(H,19,20). The molecule has 1 aliphatic rings. The van der Waals surface area contributed by atoms with Crippen molar-refractivity contribution in [1.82, 2.24) is 15.3 Å². The molecule has 1 aromatic heterocycles. The maximum absolute atomic E-state index is 11.9. The first-order chi connectivity index (χ1) is 10.6. The SMILES string of the molecule is Cc1cccc2[nH]c(CCC(=O)NCC3(O)CCCC3)nc12. The van der Waals surface area contributed by atoms with E-state index in [9.17, 15) is 9.90 Å². The summed E-state index contributed by atoms with van der Waals surface area (Å²) in [5, 5.41) is 13.1. The molecule has 1 heterocycles. The van der Waals surface area contributed by atoms with Gasteiger partial charge in [0, 0.05) is 19.4 Å². The van der Waals surface area contributed by atoms with Crippen molar-refractivity contribution in [2.24, 2.45) is 0 Å². The lowest BCUT2D eigenvalue weighted by molar-refractivity contribution is -0.122. The summed E-state index contributed by atoms with van der Waals surface area (Å²) in [7, 11) is 0. The summed E-state index contributed by atoms with van der Waals surface area (Å²) in [5.74, 6) is 0.802. The van der Waals surface area contributed by atoms with Gasteiger partial charge in [-0.15, -0.1) is 0 Å². The zero-order valence-corrected chi connectivity index (χ0v) is 13.0. The molecule has 22 heavy (non-hydrogen) atoms. The van der Waals surface area contributed by atoms with Crippen molar-refractivity contribution in [3.63, 3.8) is 0 Å². The van der Waals surface area contributed by atoms with E-state index in [1.54, 1.807) is 0 Å². The van der Waals surface area contributed by atoms with Crippen LogP contribution in [0, 0.1) is 6.92 Å².